The van der Waals surface area contributed by atoms with E-state index in [0.717, 1.165) is 30.2 Å². The molecule has 0 saturated carbocycles. The molecule has 2 aromatic carbocycles. The van der Waals surface area contributed by atoms with Gasteiger partial charge in [-0.05, 0) is 61.7 Å². The summed E-state index contributed by atoms with van der Waals surface area (Å²) < 4.78 is 33.3. The molecule has 0 amide bonds. The van der Waals surface area contributed by atoms with Crippen LogP contribution in [-0.4, -0.2) is 38.8 Å². The third-order valence-electron chi connectivity index (χ3n) is 5.18. The second-order valence-corrected chi connectivity index (χ2v) is 9.39. The standard InChI is InChI=1S/C22H23ClN4O3S/c1-30-20-11-7-17(23)15-21(20)31(28,29)26-18-8-5-16(6-9-18)19-10-12-22(25-24-19)27-13-3-2-4-14-27/h5-12,15,26H,2-4,13-14H2,1H3. The molecular formula is C22H23ClN4O3S. The number of benzene rings is 2. The van der Waals surface area contributed by atoms with Gasteiger partial charge in [-0.1, -0.05) is 23.7 Å². The van der Waals surface area contributed by atoms with Crippen molar-refractivity contribution in [2.24, 2.45) is 0 Å². The lowest BCUT2D eigenvalue weighted by Crippen LogP contribution is -2.30. The molecule has 0 radical (unpaired) electrons. The SMILES string of the molecule is COc1ccc(Cl)cc1S(=O)(=O)Nc1ccc(-c2ccc(N3CCCCC3)nn2)cc1. The molecule has 1 aliphatic rings. The lowest BCUT2D eigenvalue weighted by Gasteiger charge is -2.27. The Labute approximate surface area is 187 Å². The Hall–Kier alpha value is -2.84. The molecule has 1 fully saturated rings. The van der Waals surface area contributed by atoms with Gasteiger partial charge >= 0.3 is 0 Å². The minimum Gasteiger partial charge on any atom is -0.495 e. The van der Waals surface area contributed by atoms with E-state index in [0.29, 0.717) is 10.7 Å². The molecule has 0 aliphatic carbocycles. The molecule has 1 saturated heterocycles. The molecule has 1 N–H and O–H groups in total. The van der Waals surface area contributed by atoms with Crippen molar-refractivity contribution < 1.29 is 13.2 Å². The van der Waals surface area contributed by atoms with E-state index in [1.54, 1.807) is 30.3 Å². The number of nitrogens with one attached hydrogen (secondary N) is 1. The molecule has 31 heavy (non-hydrogen) atoms. The summed E-state index contributed by atoms with van der Waals surface area (Å²) in [5.74, 6) is 1.11. The van der Waals surface area contributed by atoms with Crippen LogP contribution < -0.4 is 14.4 Å². The monoisotopic (exact) mass is 458 g/mol. The van der Waals surface area contributed by atoms with Gasteiger partial charge in [-0.25, -0.2) is 8.42 Å². The van der Waals surface area contributed by atoms with Crippen LogP contribution >= 0.6 is 11.6 Å². The Morgan fingerprint density at radius 3 is 2.35 bits per heavy atom. The van der Waals surface area contributed by atoms with Crippen LogP contribution in [0.25, 0.3) is 11.3 Å². The van der Waals surface area contributed by atoms with E-state index in [4.69, 9.17) is 16.3 Å². The van der Waals surface area contributed by atoms with Gasteiger partial charge in [0.2, 0.25) is 0 Å². The minimum absolute atomic E-state index is 0.0225. The summed E-state index contributed by atoms with van der Waals surface area (Å²) in [6.07, 6.45) is 3.63. The summed E-state index contributed by atoms with van der Waals surface area (Å²) in [5.41, 5.74) is 2.00. The molecular weight excluding hydrogens is 436 g/mol. The molecule has 3 aromatic rings. The van der Waals surface area contributed by atoms with Gasteiger partial charge in [-0.15, -0.1) is 10.2 Å². The van der Waals surface area contributed by atoms with Gasteiger partial charge in [0.1, 0.15) is 10.6 Å². The van der Waals surface area contributed by atoms with Crippen molar-refractivity contribution in [3.05, 3.63) is 59.6 Å². The fourth-order valence-electron chi connectivity index (χ4n) is 3.55. The summed E-state index contributed by atoms with van der Waals surface area (Å²) in [6, 6.07) is 15.3. The second kappa shape index (κ2) is 9.11. The highest BCUT2D eigenvalue weighted by molar-refractivity contribution is 7.92. The predicted octanol–water partition coefficient (Wildman–Crippen LogP) is 4.60. The zero-order valence-corrected chi connectivity index (χ0v) is 18.7. The predicted molar refractivity (Wildman–Crippen MR) is 122 cm³/mol. The number of aromatic nitrogens is 2. The second-order valence-electron chi connectivity index (χ2n) is 7.30. The number of nitrogens with zero attached hydrogens (tertiary/aromatic N) is 3. The Morgan fingerprint density at radius 1 is 0.968 bits per heavy atom. The van der Waals surface area contributed by atoms with Crippen LogP contribution in [0.1, 0.15) is 19.3 Å². The maximum absolute atomic E-state index is 12.8. The number of ether oxygens (including phenoxy) is 1. The molecule has 2 heterocycles. The molecule has 1 aromatic heterocycles. The Kier molecular flexibility index (Phi) is 6.29. The van der Waals surface area contributed by atoms with Crippen LogP contribution in [0.3, 0.4) is 0 Å². The molecule has 9 heteroatoms. The van der Waals surface area contributed by atoms with E-state index in [1.807, 2.05) is 12.1 Å². The number of hydrogen-bond donors (Lipinski definition) is 1. The summed E-state index contributed by atoms with van der Waals surface area (Å²) >= 11 is 5.97. The topological polar surface area (TPSA) is 84.4 Å². The molecule has 0 unspecified atom stereocenters. The maximum atomic E-state index is 12.8. The third kappa shape index (κ3) is 4.91. The fourth-order valence-corrected chi connectivity index (χ4v) is 5.04. The van der Waals surface area contributed by atoms with Gasteiger partial charge in [0.05, 0.1) is 12.8 Å². The average Bonchev–Trinajstić information content (AvgIpc) is 2.80. The van der Waals surface area contributed by atoms with Gasteiger partial charge in [0.15, 0.2) is 5.82 Å². The van der Waals surface area contributed by atoms with E-state index in [1.165, 1.54) is 38.5 Å². The number of anilines is 2. The molecule has 162 valence electrons. The summed E-state index contributed by atoms with van der Waals surface area (Å²) in [4.78, 5) is 2.23. The van der Waals surface area contributed by atoms with Crippen molar-refractivity contribution in [1.82, 2.24) is 10.2 Å². The first-order valence-electron chi connectivity index (χ1n) is 10.0. The van der Waals surface area contributed by atoms with Crippen molar-refractivity contribution in [2.45, 2.75) is 24.2 Å². The van der Waals surface area contributed by atoms with Crippen molar-refractivity contribution in [3.8, 4) is 17.0 Å². The Balaban J connectivity index is 1.50. The van der Waals surface area contributed by atoms with E-state index in [-0.39, 0.29) is 10.6 Å². The van der Waals surface area contributed by atoms with Crippen molar-refractivity contribution >= 4 is 33.1 Å². The summed E-state index contributed by atoms with van der Waals surface area (Å²) in [5, 5.41) is 9.02. The number of rotatable bonds is 6. The highest BCUT2D eigenvalue weighted by atomic mass is 35.5. The van der Waals surface area contributed by atoms with Crippen LogP contribution in [-0.2, 0) is 10.0 Å². The van der Waals surface area contributed by atoms with Gasteiger partial charge in [0.25, 0.3) is 10.0 Å². The Bertz CT molecular complexity index is 1150. The van der Waals surface area contributed by atoms with Crippen LogP contribution in [0.4, 0.5) is 11.5 Å². The van der Waals surface area contributed by atoms with Gasteiger partial charge in [-0.3, -0.25) is 4.72 Å². The van der Waals surface area contributed by atoms with Crippen LogP contribution in [0.2, 0.25) is 5.02 Å². The normalized spacial score (nSPS) is 14.3. The van der Waals surface area contributed by atoms with E-state index < -0.39 is 10.0 Å². The molecule has 7 nitrogen and oxygen atoms in total. The molecule has 1 aliphatic heterocycles. The first-order chi connectivity index (χ1) is 15.0. The molecule has 0 bridgehead atoms. The van der Waals surface area contributed by atoms with Crippen molar-refractivity contribution in [3.63, 3.8) is 0 Å². The zero-order chi connectivity index (χ0) is 21.8. The number of halogens is 1. The first kappa shape index (κ1) is 21.4. The van der Waals surface area contributed by atoms with E-state index >= 15 is 0 Å². The quantitative estimate of drug-likeness (QED) is 0.581. The minimum atomic E-state index is -3.87. The van der Waals surface area contributed by atoms with Crippen molar-refractivity contribution in [1.29, 1.82) is 0 Å². The highest BCUT2D eigenvalue weighted by Crippen LogP contribution is 2.29. The van der Waals surface area contributed by atoms with Gasteiger partial charge in [0, 0.05) is 29.4 Å². The average molecular weight is 459 g/mol. The lowest BCUT2D eigenvalue weighted by atomic mass is 10.1. The first-order valence-corrected chi connectivity index (χ1v) is 11.9. The van der Waals surface area contributed by atoms with Crippen LogP contribution in [0.15, 0.2) is 59.5 Å². The molecule has 4 rings (SSSR count). The number of sulfonamides is 1. The van der Waals surface area contributed by atoms with Gasteiger partial charge < -0.3 is 9.64 Å². The van der Waals surface area contributed by atoms with E-state index in [9.17, 15) is 8.42 Å². The fraction of sp³-hybridized carbons (Fsp3) is 0.273. The maximum Gasteiger partial charge on any atom is 0.265 e. The number of hydrogen-bond acceptors (Lipinski definition) is 6. The Morgan fingerprint density at radius 2 is 1.71 bits per heavy atom. The molecule has 0 spiro atoms. The van der Waals surface area contributed by atoms with Crippen molar-refractivity contribution in [2.75, 3.05) is 29.8 Å². The smallest absolute Gasteiger partial charge is 0.265 e. The molecule has 0 atom stereocenters. The van der Waals surface area contributed by atoms with Gasteiger partial charge in [-0.2, -0.15) is 0 Å². The van der Waals surface area contributed by atoms with E-state index in [2.05, 4.69) is 19.8 Å². The largest absolute Gasteiger partial charge is 0.495 e. The number of methoxy groups -OCH3 is 1. The summed E-state index contributed by atoms with van der Waals surface area (Å²) in [7, 11) is -2.46. The van der Waals surface area contributed by atoms with Crippen LogP contribution in [0.5, 0.6) is 5.75 Å². The third-order valence-corrected chi connectivity index (χ3v) is 6.82. The zero-order valence-electron chi connectivity index (χ0n) is 17.1. The summed E-state index contributed by atoms with van der Waals surface area (Å²) in [6.45, 7) is 2.03. The highest BCUT2D eigenvalue weighted by Gasteiger charge is 2.20. The lowest BCUT2D eigenvalue weighted by molar-refractivity contribution is 0.403. The number of piperidine rings is 1. The van der Waals surface area contributed by atoms with Crippen LogP contribution in [0, 0.1) is 0 Å².